The van der Waals surface area contributed by atoms with E-state index >= 15 is 0 Å². The average Bonchev–Trinajstić information content (AvgIpc) is 2.96. The summed E-state index contributed by atoms with van der Waals surface area (Å²) in [6.07, 6.45) is 41.5. The maximum atomic E-state index is 12.0. The fourth-order valence-electron chi connectivity index (χ4n) is 5.53. The monoisotopic (exact) mass is 577 g/mol. The van der Waals surface area contributed by atoms with Gasteiger partial charge in [-0.15, -0.1) is 0 Å². The molecule has 0 aromatic carbocycles. The Morgan fingerprint density at radius 1 is 0.610 bits per heavy atom. The third-order valence-corrected chi connectivity index (χ3v) is 8.16. The molecule has 0 aromatic rings. The summed E-state index contributed by atoms with van der Waals surface area (Å²) < 4.78 is 5.05. The molecule has 41 heavy (non-hydrogen) atoms. The van der Waals surface area contributed by atoms with Gasteiger partial charge >= 0.3 is 11.9 Å². The molecule has 240 valence electrons. The maximum absolute atomic E-state index is 12.0. The molecule has 4 nitrogen and oxygen atoms in total. The summed E-state index contributed by atoms with van der Waals surface area (Å²) in [6, 6.07) is 0. The van der Waals surface area contributed by atoms with Crippen LogP contribution in [0.25, 0.3) is 0 Å². The molecule has 1 unspecified atom stereocenters. The second kappa shape index (κ2) is 32.9. The van der Waals surface area contributed by atoms with Crippen molar-refractivity contribution in [3.05, 3.63) is 24.8 Å². The van der Waals surface area contributed by atoms with Gasteiger partial charge in [0.2, 0.25) is 0 Å². The van der Waals surface area contributed by atoms with Gasteiger partial charge in [0.05, 0.1) is 12.3 Å². The Balaban J connectivity index is 3.31. The number of carboxylic acid groups (broad SMARTS) is 1. The van der Waals surface area contributed by atoms with Gasteiger partial charge in [-0.2, -0.15) is 0 Å². The molecule has 0 rings (SSSR count). The predicted octanol–water partition coefficient (Wildman–Crippen LogP) is 11.9. The zero-order valence-corrected chi connectivity index (χ0v) is 27.2. The number of hydrogen-bond donors (Lipinski definition) is 1. The smallest absolute Gasteiger partial charge is 0.309 e. The van der Waals surface area contributed by atoms with Gasteiger partial charge in [-0.25, -0.2) is 0 Å². The molecule has 4 heteroatoms. The van der Waals surface area contributed by atoms with Gasteiger partial charge in [0.1, 0.15) is 6.61 Å². The number of allylic oxidation sites excluding steroid dienone is 2. The number of ether oxygens (including phenoxy) is 1. The van der Waals surface area contributed by atoms with Crippen molar-refractivity contribution in [2.24, 2.45) is 5.92 Å². The predicted molar refractivity (Wildman–Crippen MR) is 176 cm³/mol. The minimum Gasteiger partial charge on any atom is -0.481 e. The van der Waals surface area contributed by atoms with Gasteiger partial charge in [0.15, 0.2) is 0 Å². The van der Waals surface area contributed by atoms with Gasteiger partial charge in [-0.1, -0.05) is 173 Å². The standard InChI is InChI=1S/C37H68O4/c1-3-5-6-7-8-9-10-11-12-13-14-15-16-17-18-19-20-21-22-23-24-25-26-27-28-29-30-31-32-35(34-36(38)39)37(40)41-33-4-2/h4,9-10,35H,2-3,5-8,11-34H2,1H3,(H,38,39)/b10-9+. The highest BCUT2D eigenvalue weighted by Gasteiger charge is 2.22. The van der Waals surface area contributed by atoms with Gasteiger partial charge < -0.3 is 9.84 Å². The van der Waals surface area contributed by atoms with E-state index in [2.05, 4.69) is 25.7 Å². The first kappa shape index (κ1) is 39.4. The molecular formula is C37H68O4. The Morgan fingerprint density at radius 3 is 1.34 bits per heavy atom. The second-order valence-electron chi connectivity index (χ2n) is 12.2. The minimum absolute atomic E-state index is 0.145. The van der Waals surface area contributed by atoms with Crippen LogP contribution in [0.3, 0.4) is 0 Å². The van der Waals surface area contributed by atoms with Crippen molar-refractivity contribution in [1.29, 1.82) is 0 Å². The summed E-state index contributed by atoms with van der Waals surface area (Å²) in [4.78, 5) is 23.0. The zero-order valence-electron chi connectivity index (χ0n) is 27.2. The van der Waals surface area contributed by atoms with Gasteiger partial charge in [0.25, 0.3) is 0 Å². The number of unbranched alkanes of at least 4 members (excludes halogenated alkanes) is 24. The molecule has 1 N–H and O–H groups in total. The van der Waals surface area contributed by atoms with Crippen molar-refractivity contribution < 1.29 is 19.4 Å². The lowest BCUT2D eigenvalue weighted by Crippen LogP contribution is -2.21. The van der Waals surface area contributed by atoms with Crippen LogP contribution in [0.4, 0.5) is 0 Å². The highest BCUT2D eigenvalue weighted by Crippen LogP contribution is 2.18. The van der Waals surface area contributed by atoms with Crippen LogP contribution in [0.5, 0.6) is 0 Å². The van der Waals surface area contributed by atoms with E-state index in [4.69, 9.17) is 9.84 Å². The van der Waals surface area contributed by atoms with Crippen molar-refractivity contribution >= 4 is 11.9 Å². The van der Waals surface area contributed by atoms with Crippen molar-refractivity contribution in [2.75, 3.05) is 6.61 Å². The van der Waals surface area contributed by atoms with E-state index in [0.29, 0.717) is 6.42 Å². The van der Waals surface area contributed by atoms with E-state index in [1.807, 2.05) is 0 Å². The number of hydrogen-bond acceptors (Lipinski definition) is 3. The number of aliphatic carboxylic acids is 1. The summed E-state index contributed by atoms with van der Waals surface area (Å²) in [5.74, 6) is -1.88. The molecular weight excluding hydrogens is 508 g/mol. The average molecular weight is 577 g/mol. The van der Waals surface area contributed by atoms with E-state index in [-0.39, 0.29) is 13.0 Å². The maximum Gasteiger partial charge on any atom is 0.309 e. The molecule has 0 radical (unpaired) electrons. The van der Waals surface area contributed by atoms with E-state index in [0.717, 1.165) is 12.8 Å². The van der Waals surface area contributed by atoms with E-state index in [1.54, 1.807) is 0 Å². The topological polar surface area (TPSA) is 63.6 Å². The SMILES string of the molecule is C=CCOC(=O)C(CCCCCCCCCCCCCCCCCCCCCC/C=C/CCCCCC)CC(=O)O. The first-order valence-corrected chi connectivity index (χ1v) is 17.8. The lowest BCUT2D eigenvalue weighted by atomic mass is 9.97. The van der Waals surface area contributed by atoms with Crippen LogP contribution in [0.1, 0.15) is 187 Å². The highest BCUT2D eigenvalue weighted by atomic mass is 16.5. The largest absolute Gasteiger partial charge is 0.481 e. The minimum atomic E-state index is -0.941. The third-order valence-electron chi connectivity index (χ3n) is 8.16. The molecule has 0 heterocycles. The fraction of sp³-hybridized carbons (Fsp3) is 0.838. The summed E-state index contributed by atoms with van der Waals surface area (Å²) >= 11 is 0. The van der Waals surface area contributed by atoms with Gasteiger partial charge in [-0.05, 0) is 32.1 Å². The van der Waals surface area contributed by atoms with Gasteiger partial charge in [0, 0.05) is 0 Å². The molecule has 0 fully saturated rings. The Kier molecular flexibility index (Phi) is 31.7. The van der Waals surface area contributed by atoms with Crippen LogP contribution in [-0.2, 0) is 14.3 Å². The van der Waals surface area contributed by atoms with Crippen LogP contribution < -0.4 is 0 Å². The lowest BCUT2D eigenvalue weighted by Gasteiger charge is -2.13. The Labute approximate surface area is 255 Å². The van der Waals surface area contributed by atoms with Crippen molar-refractivity contribution in [3.63, 3.8) is 0 Å². The zero-order chi connectivity index (χ0) is 30.1. The number of esters is 1. The van der Waals surface area contributed by atoms with Crippen LogP contribution in [0, 0.1) is 5.92 Å². The molecule has 0 aliphatic carbocycles. The van der Waals surface area contributed by atoms with Crippen LogP contribution in [-0.4, -0.2) is 23.7 Å². The normalized spacial score (nSPS) is 12.1. The van der Waals surface area contributed by atoms with Crippen LogP contribution in [0.15, 0.2) is 24.8 Å². The lowest BCUT2D eigenvalue weighted by molar-refractivity contribution is -0.152. The summed E-state index contributed by atoms with van der Waals surface area (Å²) in [5.41, 5.74) is 0. The molecule has 0 saturated heterocycles. The molecule has 1 atom stereocenters. The number of carbonyl (C=O) groups excluding carboxylic acids is 1. The molecule has 0 amide bonds. The van der Waals surface area contributed by atoms with Crippen molar-refractivity contribution in [1.82, 2.24) is 0 Å². The summed E-state index contributed by atoms with van der Waals surface area (Å²) in [7, 11) is 0. The first-order chi connectivity index (χ1) is 20.1. The summed E-state index contributed by atoms with van der Waals surface area (Å²) in [6.45, 7) is 5.95. The van der Waals surface area contributed by atoms with E-state index in [1.165, 1.54) is 160 Å². The number of carboxylic acids is 1. The third kappa shape index (κ3) is 31.2. The van der Waals surface area contributed by atoms with E-state index < -0.39 is 17.9 Å². The first-order valence-electron chi connectivity index (χ1n) is 17.8. The van der Waals surface area contributed by atoms with E-state index in [9.17, 15) is 9.59 Å². The van der Waals surface area contributed by atoms with Crippen molar-refractivity contribution in [2.45, 2.75) is 187 Å². The molecule has 0 aliphatic rings. The summed E-state index contributed by atoms with van der Waals surface area (Å²) in [5, 5.41) is 9.03. The molecule has 0 saturated carbocycles. The van der Waals surface area contributed by atoms with Crippen LogP contribution >= 0.6 is 0 Å². The number of carbonyl (C=O) groups is 2. The molecule has 0 aromatic heterocycles. The quantitative estimate of drug-likeness (QED) is 0.0479. The van der Waals surface area contributed by atoms with Gasteiger partial charge in [-0.3, -0.25) is 9.59 Å². The Morgan fingerprint density at radius 2 is 0.976 bits per heavy atom. The van der Waals surface area contributed by atoms with Crippen LogP contribution in [0.2, 0.25) is 0 Å². The second-order valence-corrected chi connectivity index (χ2v) is 12.2. The van der Waals surface area contributed by atoms with Crippen molar-refractivity contribution in [3.8, 4) is 0 Å². The Bertz CT molecular complexity index is 612. The fourth-order valence-corrected chi connectivity index (χ4v) is 5.53. The Hall–Kier alpha value is -1.58. The molecule has 0 bridgehead atoms. The highest BCUT2D eigenvalue weighted by molar-refractivity contribution is 5.79. The molecule has 0 spiro atoms. The number of rotatable bonds is 33. The molecule has 0 aliphatic heterocycles.